The van der Waals surface area contributed by atoms with Crippen LogP contribution >= 0.6 is 0 Å². The molecular formula is C16H29N3O. The molecular weight excluding hydrogens is 250 g/mol. The lowest BCUT2D eigenvalue weighted by molar-refractivity contribution is -0.133. The molecule has 4 nitrogen and oxygen atoms in total. The number of carbonyl (C=O) groups excluding carboxylic acids is 1. The van der Waals surface area contributed by atoms with Crippen molar-refractivity contribution >= 4 is 5.91 Å². The molecule has 4 heteroatoms. The first-order valence-corrected chi connectivity index (χ1v) is 8.48. The van der Waals surface area contributed by atoms with Gasteiger partial charge in [-0.1, -0.05) is 19.3 Å². The highest BCUT2D eigenvalue weighted by Crippen LogP contribution is 2.34. The molecule has 0 radical (unpaired) electrons. The first-order valence-electron chi connectivity index (χ1n) is 8.48. The van der Waals surface area contributed by atoms with E-state index < -0.39 is 5.54 Å². The summed E-state index contributed by atoms with van der Waals surface area (Å²) in [5.74, 6) is 1.10. The molecule has 0 aromatic rings. The second-order valence-electron chi connectivity index (χ2n) is 7.11. The van der Waals surface area contributed by atoms with Crippen LogP contribution in [0, 0.1) is 5.92 Å². The lowest BCUT2D eigenvalue weighted by Gasteiger charge is -2.29. The average Bonchev–Trinajstić information content (AvgIpc) is 3.24. The van der Waals surface area contributed by atoms with Crippen molar-refractivity contribution in [2.24, 2.45) is 11.7 Å². The van der Waals surface area contributed by atoms with E-state index in [0.29, 0.717) is 0 Å². The lowest BCUT2D eigenvalue weighted by Crippen LogP contribution is -2.47. The zero-order valence-corrected chi connectivity index (χ0v) is 12.6. The largest absolute Gasteiger partial charge is 0.340 e. The first kappa shape index (κ1) is 14.3. The minimum atomic E-state index is -0.488. The predicted octanol–water partition coefficient (Wildman–Crippen LogP) is 1.59. The molecule has 3 rings (SSSR count). The fourth-order valence-corrected chi connectivity index (χ4v) is 3.75. The van der Waals surface area contributed by atoms with Gasteiger partial charge in [-0.05, 0) is 44.6 Å². The van der Waals surface area contributed by atoms with Gasteiger partial charge in [-0.25, -0.2) is 0 Å². The molecule has 2 saturated carbocycles. The summed E-state index contributed by atoms with van der Waals surface area (Å²) in [6.45, 7) is 5.22. The second-order valence-corrected chi connectivity index (χ2v) is 7.11. The molecule has 0 aromatic carbocycles. The molecule has 0 spiro atoms. The Hall–Kier alpha value is -0.610. The number of nitrogens with zero attached hydrogens (tertiary/aromatic N) is 2. The summed E-state index contributed by atoms with van der Waals surface area (Å²) in [7, 11) is 0. The topological polar surface area (TPSA) is 49.6 Å². The SMILES string of the molecule is NC1(C(=O)N2CCCN(CC3CCCCC3)CC2)CC1. The van der Waals surface area contributed by atoms with Crippen LogP contribution < -0.4 is 5.73 Å². The molecule has 1 aliphatic heterocycles. The quantitative estimate of drug-likeness (QED) is 0.853. The summed E-state index contributed by atoms with van der Waals surface area (Å²) >= 11 is 0. The molecule has 1 amide bonds. The van der Waals surface area contributed by atoms with Gasteiger partial charge in [0, 0.05) is 26.2 Å². The van der Waals surface area contributed by atoms with Gasteiger partial charge in [-0.2, -0.15) is 0 Å². The number of amides is 1. The van der Waals surface area contributed by atoms with Gasteiger partial charge in [0.15, 0.2) is 0 Å². The molecule has 0 atom stereocenters. The number of hydrogen-bond donors (Lipinski definition) is 1. The third-order valence-electron chi connectivity index (χ3n) is 5.33. The van der Waals surface area contributed by atoms with E-state index >= 15 is 0 Å². The van der Waals surface area contributed by atoms with Gasteiger partial charge < -0.3 is 15.5 Å². The summed E-state index contributed by atoms with van der Waals surface area (Å²) in [4.78, 5) is 16.9. The minimum absolute atomic E-state index is 0.206. The van der Waals surface area contributed by atoms with Gasteiger partial charge in [-0.3, -0.25) is 4.79 Å². The van der Waals surface area contributed by atoms with Gasteiger partial charge in [-0.15, -0.1) is 0 Å². The minimum Gasteiger partial charge on any atom is -0.340 e. The van der Waals surface area contributed by atoms with Gasteiger partial charge in [0.25, 0.3) is 0 Å². The van der Waals surface area contributed by atoms with Crippen molar-refractivity contribution < 1.29 is 4.79 Å². The Labute approximate surface area is 122 Å². The molecule has 3 aliphatic rings. The van der Waals surface area contributed by atoms with Crippen LogP contribution in [0.1, 0.15) is 51.4 Å². The van der Waals surface area contributed by atoms with Crippen LogP contribution in [0.5, 0.6) is 0 Å². The van der Waals surface area contributed by atoms with Crippen LogP contribution in [-0.4, -0.2) is 54.0 Å². The number of nitrogens with two attached hydrogens (primary N) is 1. The summed E-state index contributed by atoms with van der Waals surface area (Å²) in [6, 6.07) is 0. The highest BCUT2D eigenvalue weighted by molar-refractivity contribution is 5.89. The van der Waals surface area contributed by atoms with E-state index in [4.69, 9.17) is 5.73 Å². The van der Waals surface area contributed by atoms with Crippen LogP contribution in [0.3, 0.4) is 0 Å². The normalized spacial score (nSPS) is 28.1. The average molecular weight is 279 g/mol. The monoisotopic (exact) mass is 279 g/mol. The summed E-state index contributed by atoms with van der Waals surface area (Å²) in [5, 5.41) is 0. The predicted molar refractivity (Wildman–Crippen MR) is 80.4 cm³/mol. The molecule has 0 aromatic heterocycles. The number of hydrogen-bond acceptors (Lipinski definition) is 3. The van der Waals surface area contributed by atoms with E-state index in [1.165, 1.54) is 38.6 Å². The van der Waals surface area contributed by atoms with Crippen molar-refractivity contribution in [3.05, 3.63) is 0 Å². The van der Waals surface area contributed by atoms with Gasteiger partial charge >= 0.3 is 0 Å². The van der Waals surface area contributed by atoms with Crippen LogP contribution in [0.2, 0.25) is 0 Å². The molecule has 2 aliphatic carbocycles. The van der Waals surface area contributed by atoms with Crippen molar-refractivity contribution in [3.63, 3.8) is 0 Å². The molecule has 3 fully saturated rings. The van der Waals surface area contributed by atoms with E-state index in [9.17, 15) is 4.79 Å². The summed E-state index contributed by atoms with van der Waals surface area (Å²) in [5.41, 5.74) is 5.56. The van der Waals surface area contributed by atoms with Crippen molar-refractivity contribution in [2.75, 3.05) is 32.7 Å². The van der Waals surface area contributed by atoms with Gasteiger partial charge in [0.1, 0.15) is 0 Å². The Kier molecular flexibility index (Phi) is 4.32. The maximum Gasteiger partial charge on any atom is 0.242 e. The number of carbonyl (C=O) groups is 1. The van der Waals surface area contributed by atoms with E-state index in [1.807, 2.05) is 4.90 Å². The Morgan fingerprint density at radius 2 is 1.75 bits per heavy atom. The Balaban J connectivity index is 1.47. The summed E-state index contributed by atoms with van der Waals surface area (Å²) < 4.78 is 0. The van der Waals surface area contributed by atoms with E-state index in [-0.39, 0.29) is 5.91 Å². The number of rotatable bonds is 3. The molecule has 1 heterocycles. The van der Waals surface area contributed by atoms with Crippen molar-refractivity contribution in [2.45, 2.75) is 56.9 Å². The van der Waals surface area contributed by atoms with Crippen LogP contribution in [-0.2, 0) is 4.79 Å². The van der Waals surface area contributed by atoms with Crippen LogP contribution in [0.4, 0.5) is 0 Å². The fraction of sp³-hybridized carbons (Fsp3) is 0.938. The Bertz CT molecular complexity index is 348. The van der Waals surface area contributed by atoms with E-state index in [1.54, 1.807) is 0 Å². The molecule has 1 saturated heterocycles. The molecule has 0 bridgehead atoms. The van der Waals surface area contributed by atoms with E-state index in [0.717, 1.165) is 51.4 Å². The third-order valence-corrected chi connectivity index (χ3v) is 5.33. The molecule has 0 unspecified atom stereocenters. The fourth-order valence-electron chi connectivity index (χ4n) is 3.75. The Morgan fingerprint density at radius 3 is 2.45 bits per heavy atom. The van der Waals surface area contributed by atoms with Crippen molar-refractivity contribution in [1.82, 2.24) is 9.80 Å². The van der Waals surface area contributed by atoms with Gasteiger partial charge in [0.2, 0.25) is 5.91 Å². The molecule has 20 heavy (non-hydrogen) atoms. The highest BCUT2D eigenvalue weighted by atomic mass is 16.2. The van der Waals surface area contributed by atoms with Crippen molar-refractivity contribution in [3.8, 4) is 0 Å². The second kappa shape index (κ2) is 6.02. The maximum absolute atomic E-state index is 12.3. The zero-order chi connectivity index (χ0) is 14.0. The van der Waals surface area contributed by atoms with Gasteiger partial charge in [0.05, 0.1) is 5.54 Å². The maximum atomic E-state index is 12.3. The Morgan fingerprint density at radius 1 is 1.00 bits per heavy atom. The van der Waals surface area contributed by atoms with E-state index in [2.05, 4.69) is 4.90 Å². The van der Waals surface area contributed by atoms with Crippen LogP contribution in [0.25, 0.3) is 0 Å². The lowest BCUT2D eigenvalue weighted by atomic mass is 9.89. The third kappa shape index (κ3) is 3.34. The van der Waals surface area contributed by atoms with Crippen molar-refractivity contribution in [1.29, 1.82) is 0 Å². The highest BCUT2D eigenvalue weighted by Gasteiger charge is 2.48. The zero-order valence-electron chi connectivity index (χ0n) is 12.6. The molecule has 2 N–H and O–H groups in total. The standard InChI is InChI=1S/C16H29N3O/c17-16(7-8-16)15(20)19-10-4-9-18(11-12-19)13-14-5-2-1-3-6-14/h14H,1-13,17H2. The molecule has 114 valence electrons. The van der Waals surface area contributed by atoms with Crippen LogP contribution in [0.15, 0.2) is 0 Å². The summed E-state index contributed by atoms with van der Waals surface area (Å²) in [6.07, 6.45) is 9.95. The smallest absolute Gasteiger partial charge is 0.242 e. The first-order chi connectivity index (χ1) is 9.67.